The Hall–Kier alpha value is -2.81. The molecule has 3 aromatic rings. The van der Waals surface area contributed by atoms with Gasteiger partial charge in [0.25, 0.3) is 0 Å². The average molecular weight is 396 g/mol. The minimum Gasteiger partial charge on any atom is -0.497 e. The van der Waals surface area contributed by atoms with Crippen molar-refractivity contribution < 1.29 is 27.2 Å². The Bertz CT molecular complexity index is 899. The molecule has 0 atom stereocenters. The third kappa shape index (κ3) is 4.30. The molecule has 142 valence electrons. The molecule has 0 amide bonds. The second-order valence-corrected chi connectivity index (χ2v) is 6.39. The van der Waals surface area contributed by atoms with Gasteiger partial charge < -0.3 is 14.0 Å². The highest BCUT2D eigenvalue weighted by Gasteiger charge is 2.21. The predicted molar refractivity (Wildman–Crippen MR) is 94.4 cm³/mol. The second-order valence-electron chi connectivity index (χ2n) is 5.36. The van der Waals surface area contributed by atoms with Crippen molar-refractivity contribution in [3.05, 3.63) is 65.7 Å². The van der Waals surface area contributed by atoms with Gasteiger partial charge in [-0.2, -0.15) is 0 Å². The third-order valence-corrected chi connectivity index (χ3v) is 4.76. The number of hydrogen-bond donors (Lipinski definition) is 0. The van der Waals surface area contributed by atoms with E-state index in [9.17, 15) is 13.2 Å². The van der Waals surface area contributed by atoms with Crippen LogP contribution in [0.15, 0.2) is 52.1 Å². The topological polar surface area (TPSA) is 47.7 Å². The highest BCUT2D eigenvalue weighted by Crippen LogP contribution is 2.35. The number of rotatable bonds is 7. The fourth-order valence-electron chi connectivity index (χ4n) is 2.36. The maximum atomic E-state index is 14.1. The second kappa shape index (κ2) is 8.26. The first-order valence-electron chi connectivity index (χ1n) is 7.73. The van der Waals surface area contributed by atoms with E-state index in [1.165, 1.54) is 24.8 Å². The van der Waals surface area contributed by atoms with Gasteiger partial charge in [0, 0.05) is 29.8 Å². The quantitative estimate of drug-likeness (QED) is 0.534. The summed E-state index contributed by atoms with van der Waals surface area (Å²) < 4.78 is 58.2. The van der Waals surface area contributed by atoms with Gasteiger partial charge in [-0.05, 0) is 24.1 Å². The molecular formula is C18H15F3N2O3S. The zero-order chi connectivity index (χ0) is 19.4. The molecule has 2 aromatic carbocycles. The van der Waals surface area contributed by atoms with Gasteiger partial charge in [-0.1, -0.05) is 5.16 Å². The Morgan fingerprint density at radius 2 is 1.78 bits per heavy atom. The molecule has 0 aliphatic carbocycles. The minimum atomic E-state index is -1.01. The zero-order valence-corrected chi connectivity index (χ0v) is 15.2. The van der Waals surface area contributed by atoms with Crippen molar-refractivity contribution >= 4 is 17.8 Å². The van der Waals surface area contributed by atoms with E-state index in [4.69, 9.17) is 14.0 Å². The minimum absolute atomic E-state index is 0.181. The number of hydrogen-bond acceptors (Lipinski definition) is 6. The fourth-order valence-corrected chi connectivity index (χ4v) is 3.26. The van der Waals surface area contributed by atoms with E-state index in [0.717, 1.165) is 17.5 Å². The number of aromatic nitrogens is 1. The average Bonchev–Trinajstić information content (AvgIpc) is 3.18. The Morgan fingerprint density at radius 3 is 2.37 bits per heavy atom. The first-order valence-corrected chi connectivity index (χ1v) is 8.50. The van der Waals surface area contributed by atoms with Crippen LogP contribution in [-0.2, 0) is 6.54 Å². The lowest BCUT2D eigenvalue weighted by atomic mass is 10.2. The molecule has 0 spiro atoms. The summed E-state index contributed by atoms with van der Waals surface area (Å²) in [6, 6.07) is 7.99. The summed E-state index contributed by atoms with van der Waals surface area (Å²) in [5.41, 5.74) is 0.719. The molecule has 0 unspecified atom stereocenters. The van der Waals surface area contributed by atoms with Gasteiger partial charge in [-0.25, -0.2) is 13.2 Å². The van der Waals surface area contributed by atoms with Crippen molar-refractivity contribution in [2.45, 2.75) is 11.4 Å². The number of halogens is 3. The molecule has 1 heterocycles. The molecule has 0 aliphatic rings. The van der Waals surface area contributed by atoms with E-state index in [-0.39, 0.29) is 11.4 Å². The molecule has 1 aromatic heterocycles. The molecule has 0 saturated heterocycles. The Labute approximate surface area is 157 Å². The van der Waals surface area contributed by atoms with Crippen LogP contribution in [0.3, 0.4) is 0 Å². The van der Waals surface area contributed by atoms with Gasteiger partial charge in [-0.15, -0.1) is 0 Å². The maximum absolute atomic E-state index is 14.1. The van der Waals surface area contributed by atoms with Crippen molar-refractivity contribution in [1.29, 1.82) is 0 Å². The summed E-state index contributed by atoms with van der Waals surface area (Å²) in [7, 11) is 3.04. The summed E-state index contributed by atoms with van der Waals surface area (Å²) in [5.74, 6) is -1.53. The van der Waals surface area contributed by atoms with Crippen molar-refractivity contribution in [3.63, 3.8) is 0 Å². The van der Waals surface area contributed by atoms with Crippen molar-refractivity contribution in [2.24, 2.45) is 0 Å². The first kappa shape index (κ1) is 19.0. The molecule has 0 saturated carbocycles. The van der Waals surface area contributed by atoms with Crippen LogP contribution in [0, 0.1) is 17.5 Å². The van der Waals surface area contributed by atoms with Crippen LogP contribution in [0.1, 0.15) is 5.56 Å². The van der Waals surface area contributed by atoms with Crippen molar-refractivity contribution in [3.8, 4) is 11.5 Å². The summed E-state index contributed by atoms with van der Waals surface area (Å²) >= 11 is 0.740. The van der Waals surface area contributed by atoms with Crippen LogP contribution >= 0.6 is 11.9 Å². The van der Waals surface area contributed by atoms with E-state index in [1.54, 1.807) is 24.3 Å². The van der Waals surface area contributed by atoms with E-state index in [1.807, 2.05) is 0 Å². The van der Waals surface area contributed by atoms with E-state index >= 15 is 0 Å². The van der Waals surface area contributed by atoms with Crippen molar-refractivity contribution in [2.75, 3.05) is 18.5 Å². The number of benzene rings is 2. The lowest BCUT2D eigenvalue weighted by Crippen LogP contribution is -2.16. The van der Waals surface area contributed by atoms with Crippen LogP contribution < -0.4 is 13.8 Å². The van der Waals surface area contributed by atoms with Gasteiger partial charge in [-0.3, -0.25) is 4.31 Å². The molecule has 27 heavy (non-hydrogen) atoms. The van der Waals surface area contributed by atoms with Crippen LogP contribution in [0.25, 0.3) is 0 Å². The van der Waals surface area contributed by atoms with E-state index in [2.05, 4.69) is 5.16 Å². The summed E-state index contributed by atoms with van der Waals surface area (Å²) in [5, 5.41) is 3.82. The number of nitrogens with zero attached hydrogens (tertiary/aromatic N) is 2. The lowest BCUT2D eigenvalue weighted by Gasteiger charge is -2.22. The van der Waals surface area contributed by atoms with Gasteiger partial charge in [0.2, 0.25) is 0 Å². The molecule has 0 aliphatic heterocycles. The normalized spacial score (nSPS) is 10.7. The highest BCUT2D eigenvalue weighted by atomic mass is 32.2. The zero-order valence-electron chi connectivity index (χ0n) is 14.4. The molecule has 0 N–H and O–H groups in total. The van der Waals surface area contributed by atoms with Crippen LogP contribution in [0.4, 0.5) is 19.0 Å². The first-order chi connectivity index (χ1) is 13.0. The molecule has 3 rings (SSSR count). The molecule has 9 heteroatoms. The van der Waals surface area contributed by atoms with Crippen LogP contribution in [0.2, 0.25) is 0 Å². The van der Waals surface area contributed by atoms with Gasteiger partial charge >= 0.3 is 0 Å². The molecule has 5 nitrogen and oxygen atoms in total. The number of methoxy groups -OCH3 is 2. The lowest BCUT2D eigenvalue weighted by molar-refractivity contribution is 0.391. The molecule has 0 bridgehead atoms. The molecule has 0 fully saturated rings. The largest absolute Gasteiger partial charge is 0.497 e. The SMILES string of the molecule is COc1ccc(CN(Sc2c(F)cc(F)cc2F)c2ccon2)c(OC)c1. The molecular weight excluding hydrogens is 381 g/mol. The number of anilines is 1. The standard InChI is InChI=1S/C18H15F3N2O3S/c1-24-13-4-3-11(16(9-13)25-2)10-23(17-5-6-26-22-17)27-18-14(20)7-12(19)8-15(18)21/h3-9H,10H2,1-2H3. The van der Waals surface area contributed by atoms with Gasteiger partial charge in [0.1, 0.15) is 40.1 Å². The van der Waals surface area contributed by atoms with E-state index < -0.39 is 17.5 Å². The van der Waals surface area contributed by atoms with E-state index in [0.29, 0.717) is 29.4 Å². The fraction of sp³-hybridized carbons (Fsp3) is 0.167. The summed E-state index contributed by atoms with van der Waals surface area (Å²) in [6.45, 7) is 0.181. The maximum Gasteiger partial charge on any atom is 0.182 e. The monoisotopic (exact) mass is 396 g/mol. The molecule has 0 radical (unpaired) electrons. The Kier molecular flexibility index (Phi) is 5.80. The Balaban J connectivity index is 1.95. The highest BCUT2D eigenvalue weighted by molar-refractivity contribution is 8.00. The number of ether oxygens (including phenoxy) is 2. The van der Waals surface area contributed by atoms with Crippen LogP contribution in [0.5, 0.6) is 11.5 Å². The van der Waals surface area contributed by atoms with Gasteiger partial charge in [0.05, 0.1) is 20.8 Å². The summed E-state index contributed by atoms with van der Waals surface area (Å²) in [4.78, 5) is -0.355. The van der Waals surface area contributed by atoms with Crippen molar-refractivity contribution in [1.82, 2.24) is 5.16 Å². The van der Waals surface area contributed by atoms with Gasteiger partial charge in [0.15, 0.2) is 5.82 Å². The van der Waals surface area contributed by atoms with Crippen LogP contribution in [-0.4, -0.2) is 19.4 Å². The predicted octanol–water partition coefficient (Wildman–Crippen LogP) is 4.82. The summed E-state index contributed by atoms with van der Waals surface area (Å²) in [6.07, 6.45) is 1.34. The Morgan fingerprint density at radius 1 is 1.04 bits per heavy atom. The smallest absolute Gasteiger partial charge is 0.182 e. The third-order valence-electron chi connectivity index (χ3n) is 3.65.